The van der Waals surface area contributed by atoms with E-state index in [-0.39, 0.29) is 29.0 Å². The Labute approximate surface area is 133 Å². The molecular formula is C19H30O3. The van der Waals surface area contributed by atoms with Gasteiger partial charge in [0, 0.05) is 17.8 Å². The molecule has 2 N–H and O–H groups in total. The van der Waals surface area contributed by atoms with Crippen molar-refractivity contribution >= 4 is 5.78 Å². The Morgan fingerprint density at radius 1 is 1.00 bits per heavy atom. The van der Waals surface area contributed by atoms with Crippen LogP contribution in [-0.2, 0) is 4.79 Å². The molecule has 0 heterocycles. The molecule has 0 aromatic heterocycles. The third kappa shape index (κ3) is 1.84. The van der Waals surface area contributed by atoms with E-state index in [2.05, 4.69) is 13.8 Å². The van der Waals surface area contributed by atoms with Gasteiger partial charge in [-0.1, -0.05) is 13.8 Å². The lowest BCUT2D eigenvalue weighted by Crippen LogP contribution is -2.58. The molecule has 0 amide bonds. The van der Waals surface area contributed by atoms with Gasteiger partial charge in [-0.3, -0.25) is 4.79 Å². The van der Waals surface area contributed by atoms with Gasteiger partial charge in [0.1, 0.15) is 5.78 Å². The van der Waals surface area contributed by atoms with E-state index >= 15 is 0 Å². The van der Waals surface area contributed by atoms with Crippen molar-refractivity contribution in [1.29, 1.82) is 0 Å². The molecule has 0 spiro atoms. The molecule has 8 atom stereocenters. The second kappa shape index (κ2) is 4.80. The summed E-state index contributed by atoms with van der Waals surface area (Å²) in [7, 11) is 0. The lowest BCUT2D eigenvalue weighted by atomic mass is 9.45. The van der Waals surface area contributed by atoms with E-state index in [4.69, 9.17) is 0 Å². The minimum atomic E-state index is -0.291. The Morgan fingerprint density at radius 2 is 1.77 bits per heavy atom. The van der Waals surface area contributed by atoms with Gasteiger partial charge in [-0.2, -0.15) is 0 Å². The summed E-state index contributed by atoms with van der Waals surface area (Å²) in [6, 6.07) is 0. The number of hydrogen-bond donors (Lipinski definition) is 2. The van der Waals surface area contributed by atoms with Crippen LogP contribution in [0.25, 0.3) is 0 Å². The van der Waals surface area contributed by atoms with E-state index in [1.165, 1.54) is 0 Å². The molecule has 0 aromatic rings. The summed E-state index contributed by atoms with van der Waals surface area (Å²) >= 11 is 0. The summed E-state index contributed by atoms with van der Waals surface area (Å²) in [4.78, 5) is 13.1. The largest absolute Gasteiger partial charge is 0.393 e. The molecule has 0 bridgehead atoms. The first-order valence-corrected chi connectivity index (χ1v) is 9.25. The second-order valence-electron chi connectivity index (χ2n) is 9.20. The molecule has 4 fully saturated rings. The maximum Gasteiger partial charge on any atom is 0.137 e. The van der Waals surface area contributed by atoms with E-state index in [0.29, 0.717) is 30.0 Å². The zero-order chi connectivity index (χ0) is 15.7. The molecule has 3 nitrogen and oxygen atoms in total. The number of rotatable bonds is 0. The molecular weight excluding hydrogens is 276 g/mol. The summed E-state index contributed by atoms with van der Waals surface area (Å²) in [5, 5.41) is 20.5. The molecule has 0 saturated heterocycles. The van der Waals surface area contributed by atoms with E-state index in [9.17, 15) is 15.0 Å². The van der Waals surface area contributed by atoms with Crippen molar-refractivity contribution in [1.82, 2.24) is 0 Å². The first kappa shape index (κ1) is 15.1. The molecule has 4 aliphatic rings. The van der Waals surface area contributed by atoms with Crippen molar-refractivity contribution in [2.75, 3.05) is 0 Å². The maximum atomic E-state index is 13.1. The van der Waals surface area contributed by atoms with Crippen LogP contribution in [-0.4, -0.2) is 28.2 Å². The summed E-state index contributed by atoms with van der Waals surface area (Å²) < 4.78 is 0. The highest BCUT2D eigenvalue weighted by atomic mass is 16.3. The van der Waals surface area contributed by atoms with Gasteiger partial charge in [0.15, 0.2) is 0 Å². The van der Waals surface area contributed by atoms with E-state index < -0.39 is 0 Å². The number of fused-ring (bicyclic) bond motifs is 5. The smallest absolute Gasteiger partial charge is 0.137 e. The number of aliphatic hydroxyl groups is 2. The molecule has 3 heteroatoms. The molecule has 4 aliphatic carbocycles. The fourth-order valence-electron chi connectivity index (χ4n) is 7.03. The highest BCUT2D eigenvalue weighted by molar-refractivity contribution is 5.84. The van der Waals surface area contributed by atoms with Gasteiger partial charge in [-0.15, -0.1) is 0 Å². The first-order chi connectivity index (χ1) is 10.4. The Bertz CT molecular complexity index is 489. The summed E-state index contributed by atoms with van der Waals surface area (Å²) in [6.07, 6.45) is 7.11. The van der Waals surface area contributed by atoms with Gasteiger partial charge in [0.25, 0.3) is 0 Å². The maximum absolute atomic E-state index is 13.1. The molecule has 4 saturated carbocycles. The monoisotopic (exact) mass is 306 g/mol. The number of carbonyl (C=O) groups excluding carboxylic acids is 1. The Kier molecular flexibility index (Phi) is 3.30. The van der Waals surface area contributed by atoms with Crippen LogP contribution in [0.5, 0.6) is 0 Å². The quantitative estimate of drug-likeness (QED) is 0.723. The molecule has 4 rings (SSSR count). The van der Waals surface area contributed by atoms with Crippen molar-refractivity contribution in [2.45, 2.75) is 77.4 Å². The van der Waals surface area contributed by atoms with Crippen LogP contribution in [0.15, 0.2) is 0 Å². The van der Waals surface area contributed by atoms with Crippen LogP contribution in [0.3, 0.4) is 0 Å². The second-order valence-corrected chi connectivity index (χ2v) is 9.20. The Hall–Kier alpha value is -0.410. The van der Waals surface area contributed by atoms with Crippen LogP contribution >= 0.6 is 0 Å². The van der Waals surface area contributed by atoms with Crippen LogP contribution < -0.4 is 0 Å². The molecule has 124 valence electrons. The van der Waals surface area contributed by atoms with Gasteiger partial charge < -0.3 is 10.2 Å². The minimum Gasteiger partial charge on any atom is -0.393 e. The summed E-state index contributed by atoms with van der Waals surface area (Å²) in [6.45, 7) is 4.48. The van der Waals surface area contributed by atoms with Crippen LogP contribution in [0.1, 0.15) is 65.2 Å². The lowest BCUT2D eigenvalue weighted by Gasteiger charge is -2.59. The van der Waals surface area contributed by atoms with E-state index in [1.807, 2.05) is 0 Å². The Morgan fingerprint density at radius 3 is 2.55 bits per heavy atom. The van der Waals surface area contributed by atoms with Gasteiger partial charge in [0.05, 0.1) is 12.2 Å². The third-order valence-corrected chi connectivity index (χ3v) is 8.27. The standard InChI is InChI=1S/C19H30O3/c1-18-8-7-12(20)9-11(18)3-4-13-14-5-6-16(22)19(14,2)10-15(21)17(13)18/h11-14,16-17,20,22H,3-10H2,1-2H3/t11?,12?,13-,14-,16?,17-,18-,19-/m0/s1. The van der Waals surface area contributed by atoms with Crippen molar-refractivity contribution in [2.24, 2.45) is 34.5 Å². The number of hydrogen-bond acceptors (Lipinski definition) is 3. The van der Waals surface area contributed by atoms with Crippen LogP contribution in [0.4, 0.5) is 0 Å². The van der Waals surface area contributed by atoms with Crippen molar-refractivity contribution in [3.05, 3.63) is 0 Å². The van der Waals surface area contributed by atoms with E-state index in [0.717, 1.165) is 44.9 Å². The molecule has 3 unspecified atom stereocenters. The number of aliphatic hydroxyl groups excluding tert-OH is 2. The highest BCUT2D eigenvalue weighted by Crippen LogP contribution is 2.65. The molecule has 0 aliphatic heterocycles. The van der Waals surface area contributed by atoms with Gasteiger partial charge in [0.2, 0.25) is 0 Å². The SMILES string of the molecule is C[C@]12CCC(O)CC1CC[C@@H]1[C@H]2C(=O)C[C@]2(C)C(O)CC[C@@H]12. The lowest BCUT2D eigenvalue weighted by molar-refractivity contribution is -0.164. The number of Topliss-reactive ketones (excluding diaryl/α,β-unsaturated/α-hetero) is 1. The Balaban J connectivity index is 1.69. The summed E-state index contributed by atoms with van der Waals surface area (Å²) in [5.41, 5.74) is -0.0796. The van der Waals surface area contributed by atoms with E-state index in [1.54, 1.807) is 0 Å². The average Bonchev–Trinajstić information content (AvgIpc) is 2.75. The molecule has 0 aromatic carbocycles. The average molecular weight is 306 g/mol. The first-order valence-electron chi connectivity index (χ1n) is 9.25. The fourth-order valence-corrected chi connectivity index (χ4v) is 7.03. The minimum absolute atomic E-state index is 0.0914. The zero-order valence-electron chi connectivity index (χ0n) is 13.9. The number of ketones is 1. The predicted octanol–water partition coefficient (Wildman–Crippen LogP) is 2.93. The van der Waals surface area contributed by atoms with Crippen LogP contribution in [0, 0.1) is 34.5 Å². The summed E-state index contributed by atoms with van der Waals surface area (Å²) in [5.74, 6) is 2.10. The highest BCUT2D eigenvalue weighted by Gasteiger charge is 2.63. The zero-order valence-corrected chi connectivity index (χ0v) is 13.9. The molecule has 0 radical (unpaired) electrons. The predicted molar refractivity (Wildman–Crippen MR) is 84.1 cm³/mol. The normalized spacial score (nSPS) is 57.9. The topological polar surface area (TPSA) is 57.5 Å². The van der Waals surface area contributed by atoms with Gasteiger partial charge in [-0.05, 0) is 68.1 Å². The van der Waals surface area contributed by atoms with Gasteiger partial charge >= 0.3 is 0 Å². The van der Waals surface area contributed by atoms with Crippen molar-refractivity contribution in [3.8, 4) is 0 Å². The molecule has 22 heavy (non-hydrogen) atoms. The number of carbonyl (C=O) groups is 1. The fraction of sp³-hybridized carbons (Fsp3) is 0.947. The third-order valence-electron chi connectivity index (χ3n) is 8.27. The van der Waals surface area contributed by atoms with Crippen LogP contribution in [0.2, 0.25) is 0 Å². The van der Waals surface area contributed by atoms with Crippen molar-refractivity contribution in [3.63, 3.8) is 0 Å². The van der Waals surface area contributed by atoms with Gasteiger partial charge in [-0.25, -0.2) is 0 Å². The van der Waals surface area contributed by atoms with Crippen molar-refractivity contribution < 1.29 is 15.0 Å².